The number of rotatable bonds is 8. The molecular weight excluding hydrogens is 284 g/mol. The maximum Gasteiger partial charge on any atom is 0.249 e. The van der Waals surface area contributed by atoms with E-state index in [0.717, 1.165) is 5.56 Å². The lowest BCUT2D eigenvalue weighted by Crippen LogP contribution is -2.49. The van der Waals surface area contributed by atoms with Crippen molar-refractivity contribution in [1.29, 1.82) is 0 Å². The number of carbonyl (C=O) groups excluding carboxylic acids is 2. The van der Waals surface area contributed by atoms with Gasteiger partial charge in [-0.1, -0.05) is 26.0 Å². The van der Waals surface area contributed by atoms with Gasteiger partial charge in [0.15, 0.2) is 0 Å². The van der Waals surface area contributed by atoms with Crippen LogP contribution in [0.25, 0.3) is 0 Å². The number of hydrogen-bond donors (Lipinski definition) is 3. The van der Waals surface area contributed by atoms with Crippen molar-refractivity contribution >= 4 is 11.8 Å². The molecule has 6 heteroatoms. The fraction of sp³-hybridized carbons (Fsp3) is 0.500. The monoisotopic (exact) mass is 308 g/mol. The van der Waals surface area contributed by atoms with Crippen molar-refractivity contribution in [2.24, 2.45) is 11.7 Å². The van der Waals surface area contributed by atoms with Crippen LogP contribution in [-0.2, 0) is 16.0 Å². The van der Waals surface area contributed by atoms with Gasteiger partial charge in [0.25, 0.3) is 0 Å². The molecule has 0 spiro atoms. The van der Waals surface area contributed by atoms with Crippen LogP contribution in [0.4, 0.5) is 0 Å². The lowest BCUT2D eigenvalue weighted by Gasteiger charge is -2.19. The van der Waals surface area contributed by atoms with E-state index in [-0.39, 0.29) is 12.3 Å². The lowest BCUT2D eigenvalue weighted by molar-refractivity contribution is -0.133. The summed E-state index contributed by atoms with van der Waals surface area (Å²) < 4.78 is 5.06. The molecule has 0 radical (unpaired) electrons. The van der Waals surface area contributed by atoms with E-state index in [1.54, 1.807) is 31.4 Å². The number of aliphatic hydroxyl groups excluding tert-OH is 1. The first-order valence-corrected chi connectivity index (χ1v) is 7.24. The smallest absolute Gasteiger partial charge is 0.249 e. The molecule has 0 bridgehead atoms. The van der Waals surface area contributed by atoms with Crippen molar-refractivity contribution in [2.45, 2.75) is 38.8 Å². The van der Waals surface area contributed by atoms with E-state index in [9.17, 15) is 14.7 Å². The number of primary amides is 1. The number of carbonyl (C=O) groups is 2. The Hall–Kier alpha value is -2.08. The summed E-state index contributed by atoms with van der Waals surface area (Å²) in [5.41, 5.74) is 6.17. The molecule has 1 rings (SSSR count). The summed E-state index contributed by atoms with van der Waals surface area (Å²) >= 11 is 0. The van der Waals surface area contributed by atoms with Gasteiger partial charge in [-0.05, 0) is 30.0 Å². The van der Waals surface area contributed by atoms with Crippen molar-refractivity contribution in [3.8, 4) is 5.75 Å². The third-order valence-corrected chi connectivity index (χ3v) is 3.26. The fourth-order valence-electron chi connectivity index (χ4n) is 2.04. The first-order chi connectivity index (χ1) is 10.3. The summed E-state index contributed by atoms with van der Waals surface area (Å²) in [6.07, 6.45) is -0.544. The molecule has 0 saturated carbocycles. The summed E-state index contributed by atoms with van der Waals surface area (Å²) in [5.74, 6) is -0.336. The molecule has 1 aromatic rings. The second kappa shape index (κ2) is 8.38. The van der Waals surface area contributed by atoms with Gasteiger partial charge in [-0.2, -0.15) is 0 Å². The minimum Gasteiger partial charge on any atom is -0.497 e. The van der Waals surface area contributed by atoms with E-state index in [1.165, 1.54) is 0 Å². The number of ether oxygens (including phenoxy) is 1. The zero-order valence-electron chi connectivity index (χ0n) is 13.2. The first-order valence-electron chi connectivity index (χ1n) is 7.24. The number of benzene rings is 1. The summed E-state index contributed by atoms with van der Waals surface area (Å²) in [7, 11) is 1.57. The molecule has 4 N–H and O–H groups in total. The third kappa shape index (κ3) is 5.73. The van der Waals surface area contributed by atoms with Gasteiger partial charge in [-0.15, -0.1) is 0 Å². The standard InChI is InChI=1S/C16H24N2O4/c1-10(2)8-14(19)16(21)18-13(15(17)20)9-11-4-6-12(22-3)7-5-11/h4-7,10,13-14,19H,8-9H2,1-3H3,(H2,17,20)(H,18,21)/t13-,14+/m1/s1. The van der Waals surface area contributed by atoms with Crippen LogP contribution in [0.5, 0.6) is 5.75 Å². The number of hydrogen-bond acceptors (Lipinski definition) is 4. The third-order valence-electron chi connectivity index (χ3n) is 3.26. The number of amides is 2. The summed E-state index contributed by atoms with van der Waals surface area (Å²) in [4.78, 5) is 23.4. The van der Waals surface area contributed by atoms with Crippen molar-refractivity contribution < 1.29 is 19.4 Å². The Morgan fingerprint density at radius 1 is 1.27 bits per heavy atom. The summed E-state index contributed by atoms with van der Waals surface area (Å²) in [6.45, 7) is 3.80. The number of nitrogens with two attached hydrogens (primary N) is 1. The minimum atomic E-state index is -1.14. The first kappa shape index (κ1) is 18.0. The molecule has 0 fully saturated rings. The highest BCUT2D eigenvalue weighted by Crippen LogP contribution is 2.13. The molecule has 2 amide bonds. The molecule has 0 aliphatic heterocycles. The van der Waals surface area contributed by atoms with E-state index in [1.807, 2.05) is 13.8 Å². The molecule has 1 aromatic carbocycles. The number of methoxy groups -OCH3 is 1. The highest BCUT2D eigenvalue weighted by Gasteiger charge is 2.23. The van der Waals surface area contributed by atoms with E-state index >= 15 is 0 Å². The van der Waals surface area contributed by atoms with E-state index in [2.05, 4.69) is 5.32 Å². The predicted molar refractivity (Wildman–Crippen MR) is 83.3 cm³/mol. The van der Waals surface area contributed by atoms with Gasteiger partial charge in [-0.25, -0.2) is 0 Å². The Morgan fingerprint density at radius 3 is 2.32 bits per heavy atom. The highest BCUT2D eigenvalue weighted by atomic mass is 16.5. The lowest BCUT2D eigenvalue weighted by atomic mass is 10.0. The van der Waals surface area contributed by atoms with E-state index in [0.29, 0.717) is 12.2 Å². The Kier molecular flexibility index (Phi) is 6.85. The van der Waals surface area contributed by atoms with E-state index in [4.69, 9.17) is 10.5 Å². The summed E-state index contributed by atoms with van der Waals surface area (Å²) in [5, 5.41) is 12.3. The van der Waals surface area contributed by atoms with Crippen LogP contribution in [0.3, 0.4) is 0 Å². The molecule has 0 saturated heterocycles. The zero-order valence-corrected chi connectivity index (χ0v) is 13.2. The van der Waals surface area contributed by atoms with Crippen LogP contribution < -0.4 is 15.8 Å². The quantitative estimate of drug-likeness (QED) is 0.655. The second-order valence-electron chi connectivity index (χ2n) is 5.66. The molecule has 0 aliphatic rings. The van der Waals surface area contributed by atoms with Gasteiger partial charge < -0.3 is 20.9 Å². The van der Waals surface area contributed by atoms with Gasteiger partial charge in [0, 0.05) is 6.42 Å². The zero-order chi connectivity index (χ0) is 16.7. The van der Waals surface area contributed by atoms with Crippen molar-refractivity contribution in [2.75, 3.05) is 7.11 Å². The maximum atomic E-state index is 11.9. The molecule has 0 aromatic heterocycles. The molecule has 122 valence electrons. The average molecular weight is 308 g/mol. The number of aliphatic hydroxyl groups is 1. The van der Waals surface area contributed by atoms with Gasteiger partial charge in [0.1, 0.15) is 17.9 Å². The van der Waals surface area contributed by atoms with Crippen molar-refractivity contribution in [3.63, 3.8) is 0 Å². The Balaban J connectivity index is 2.68. The Bertz CT molecular complexity index is 499. The van der Waals surface area contributed by atoms with Gasteiger partial charge in [0.05, 0.1) is 7.11 Å². The van der Waals surface area contributed by atoms with Gasteiger partial charge in [-0.3, -0.25) is 9.59 Å². The maximum absolute atomic E-state index is 11.9. The van der Waals surface area contributed by atoms with Crippen LogP contribution in [0.15, 0.2) is 24.3 Å². The molecule has 0 unspecified atom stereocenters. The molecule has 22 heavy (non-hydrogen) atoms. The molecule has 6 nitrogen and oxygen atoms in total. The Morgan fingerprint density at radius 2 is 1.86 bits per heavy atom. The molecule has 2 atom stereocenters. The topological polar surface area (TPSA) is 102 Å². The molecular formula is C16H24N2O4. The normalized spacial score (nSPS) is 13.5. The van der Waals surface area contributed by atoms with Crippen LogP contribution >= 0.6 is 0 Å². The summed E-state index contributed by atoms with van der Waals surface area (Å²) in [6, 6.07) is 6.27. The van der Waals surface area contributed by atoms with Crippen LogP contribution in [-0.4, -0.2) is 36.2 Å². The highest BCUT2D eigenvalue weighted by molar-refractivity contribution is 5.88. The van der Waals surface area contributed by atoms with Crippen molar-refractivity contribution in [3.05, 3.63) is 29.8 Å². The van der Waals surface area contributed by atoms with Crippen LogP contribution in [0, 0.1) is 5.92 Å². The van der Waals surface area contributed by atoms with Crippen LogP contribution in [0.1, 0.15) is 25.8 Å². The van der Waals surface area contributed by atoms with Gasteiger partial charge in [0.2, 0.25) is 11.8 Å². The fourth-order valence-corrected chi connectivity index (χ4v) is 2.04. The van der Waals surface area contributed by atoms with Gasteiger partial charge >= 0.3 is 0 Å². The average Bonchev–Trinajstić information content (AvgIpc) is 2.46. The van der Waals surface area contributed by atoms with E-state index < -0.39 is 24.0 Å². The SMILES string of the molecule is COc1ccc(C[C@@H](NC(=O)[C@@H](O)CC(C)C)C(N)=O)cc1. The molecule has 0 heterocycles. The largest absolute Gasteiger partial charge is 0.497 e. The predicted octanol–water partition coefficient (Wildman–Crippen LogP) is 0.615. The minimum absolute atomic E-state index is 0.175. The van der Waals surface area contributed by atoms with Crippen molar-refractivity contribution in [1.82, 2.24) is 5.32 Å². The molecule has 0 aliphatic carbocycles. The number of nitrogens with one attached hydrogen (secondary N) is 1. The second-order valence-corrected chi connectivity index (χ2v) is 5.66. The Labute approximate surface area is 130 Å². The van der Waals surface area contributed by atoms with Crippen LogP contribution in [0.2, 0.25) is 0 Å².